The van der Waals surface area contributed by atoms with Crippen LogP contribution in [-0.4, -0.2) is 5.78 Å². The van der Waals surface area contributed by atoms with Gasteiger partial charge in [0.1, 0.15) is 5.78 Å². The molecule has 1 nitrogen and oxygen atoms in total. The van der Waals surface area contributed by atoms with Crippen LogP contribution in [0.15, 0.2) is 0 Å². The molecular formula is C13H26O. The molecule has 0 radical (unpaired) electrons. The molecule has 0 aliphatic heterocycles. The molecule has 0 fully saturated rings. The van der Waals surface area contributed by atoms with Crippen LogP contribution in [0.1, 0.15) is 72.1 Å². The van der Waals surface area contributed by atoms with E-state index < -0.39 is 0 Å². The third-order valence-electron chi connectivity index (χ3n) is 2.63. The lowest BCUT2D eigenvalue weighted by molar-refractivity contribution is -0.118. The van der Waals surface area contributed by atoms with Crippen LogP contribution in [0.3, 0.4) is 0 Å². The van der Waals surface area contributed by atoms with Gasteiger partial charge in [0.05, 0.1) is 0 Å². The predicted molar refractivity (Wildman–Crippen MR) is 62.5 cm³/mol. The first kappa shape index (κ1) is 13.7. The number of rotatable bonds is 9. The summed E-state index contributed by atoms with van der Waals surface area (Å²) in [7, 11) is 0. The summed E-state index contributed by atoms with van der Waals surface area (Å²) in [4.78, 5) is 11.0. The van der Waals surface area contributed by atoms with E-state index in [0.29, 0.717) is 12.2 Å². The average molecular weight is 198 g/mol. The summed E-state index contributed by atoms with van der Waals surface area (Å²) in [5.74, 6) is 1.27. The Balaban J connectivity index is 3.03. The zero-order valence-corrected chi connectivity index (χ0v) is 10.1. The first-order valence-corrected chi connectivity index (χ1v) is 6.18. The normalized spacial score (nSPS) is 10.9. The van der Waals surface area contributed by atoms with Crippen molar-refractivity contribution in [3.63, 3.8) is 0 Å². The minimum atomic E-state index is 0.423. The number of hydrogen-bond donors (Lipinski definition) is 0. The molecule has 0 aromatic carbocycles. The fourth-order valence-corrected chi connectivity index (χ4v) is 1.58. The summed E-state index contributed by atoms with van der Waals surface area (Å²) >= 11 is 0. The second-order valence-corrected chi connectivity index (χ2v) is 4.59. The van der Waals surface area contributed by atoms with Gasteiger partial charge in [0, 0.05) is 12.8 Å². The number of carbonyl (C=O) groups excluding carboxylic acids is 1. The van der Waals surface area contributed by atoms with Crippen LogP contribution < -0.4 is 0 Å². The Morgan fingerprint density at radius 3 is 2.14 bits per heavy atom. The Bertz CT molecular complexity index is 138. The third-order valence-corrected chi connectivity index (χ3v) is 2.63. The number of hydrogen-bond acceptors (Lipinski definition) is 1. The van der Waals surface area contributed by atoms with Crippen LogP contribution >= 0.6 is 0 Å². The molecule has 0 saturated carbocycles. The van der Waals surface area contributed by atoms with Crippen molar-refractivity contribution in [3.05, 3.63) is 0 Å². The van der Waals surface area contributed by atoms with Crippen molar-refractivity contribution in [2.24, 2.45) is 5.92 Å². The molecule has 0 heterocycles. The van der Waals surface area contributed by atoms with Gasteiger partial charge >= 0.3 is 0 Å². The van der Waals surface area contributed by atoms with E-state index in [1.807, 2.05) is 6.92 Å². The highest BCUT2D eigenvalue weighted by molar-refractivity contribution is 5.77. The fraction of sp³-hybridized carbons (Fsp3) is 0.923. The Hall–Kier alpha value is -0.330. The third kappa shape index (κ3) is 9.76. The lowest BCUT2D eigenvalue weighted by Crippen LogP contribution is -1.94. The van der Waals surface area contributed by atoms with Crippen molar-refractivity contribution in [3.8, 4) is 0 Å². The molecule has 0 amide bonds. The number of ketones is 1. The van der Waals surface area contributed by atoms with Crippen LogP contribution in [0.2, 0.25) is 0 Å². The van der Waals surface area contributed by atoms with E-state index in [1.54, 1.807) is 0 Å². The maximum atomic E-state index is 11.0. The van der Waals surface area contributed by atoms with E-state index in [0.717, 1.165) is 18.8 Å². The molecule has 0 aliphatic rings. The van der Waals surface area contributed by atoms with Gasteiger partial charge in [0.15, 0.2) is 0 Å². The molecule has 84 valence electrons. The van der Waals surface area contributed by atoms with E-state index in [9.17, 15) is 4.79 Å². The summed E-state index contributed by atoms with van der Waals surface area (Å²) in [6.07, 6.45) is 9.24. The quantitative estimate of drug-likeness (QED) is 0.503. The predicted octanol–water partition coefficient (Wildman–Crippen LogP) is 4.35. The molecule has 0 saturated heterocycles. The summed E-state index contributed by atoms with van der Waals surface area (Å²) in [5, 5.41) is 0. The molecule has 0 spiro atoms. The van der Waals surface area contributed by atoms with Gasteiger partial charge < -0.3 is 0 Å². The van der Waals surface area contributed by atoms with Gasteiger partial charge in [0.2, 0.25) is 0 Å². The fourth-order valence-electron chi connectivity index (χ4n) is 1.58. The Kier molecular flexibility index (Phi) is 9.02. The highest BCUT2D eigenvalue weighted by Crippen LogP contribution is 2.11. The summed E-state index contributed by atoms with van der Waals surface area (Å²) < 4.78 is 0. The Morgan fingerprint density at radius 2 is 1.57 bits per heavy atom. The second kappa shape index (κ2) is 9.23. The average Bonchev–Trinajstić information content (AvgIpc) is 2.15. The molecule has 0 rings (SSSR count). The van der Waals surface area contributed by atoms with Crippen molar-refractivity contribution < 1.29 is 4.79 Å². The SMILES string of the molecule is CCC(=O)CCCCCCCC(C)C. The zero-order valence-electron chi connectivity index (χ0n) is 10.1. The molecule has 0 atom stereocenters. The molecule has 0 aromatic heterocycles. The minimum Gasteiger partial charge on any atom is -0.300 e. The number of unbranched alkanes of at least 4 members (excludes halogenated alkanes) is 4. The molecular weight excluding hydrogens is 172 g/mol. The summed E-state index contributed by atoms with van der Waals surface area (Å²) in [5.41, 5.74) is 0. The van der Waals surface area contributed by atoms with Crippen LogP contribution in [0, 0.1) is 5.92 Å². The smallest absolute Gasteiger partial charge is 0.132 e. The van der Waals surface area contributed by atoms with Gasteiger partial charge in [-0.2, -0.15) is 0 Å². The lowest BCUT2D eigenvalue weighted by Gasteiger charge is -2.03. The lowest BCUT2D eigenvalue weighted by atomic mass is 10.0. The standard InChI is InChI=1S/C13H26O/c1-4-13(14)11-9-7-5-6-8-10-12(2)3/h12H,4-11H2,1-3H3. The second-order valence-electron chi connectivity index (χ2n) is 4.59. The van der Waals surface area contributed by atoms with E-state index in [-0.39, 0.29) is 0 Å². The summed E-state index contributed by atoms with van der Waals surface area (Å²) in [6, 6.07) is 0. The Morgan fingerprint density at radius 1 is 1.00 bits per heavy atom. The van der Waals surface area contributed by atoms with Crippen molar-refractivity contribution >= 4 is 5.78 Å². The molecule has 0 N–H and O–H groups in total. The van der Waals surface area contributed by atoms with Crippen molar-refractivity contribution in [2.75, 3.05) is 0 Å². The maximum absolute atomic E-state index is 11.0. The van der Waals surface area contributed by atoms with Gasteiger partial charge in [-0.25, -0.2) is 0 Å². The highest BCUT2D eigenvalue weighted by atomic mass is 16.1. The first-order chi connectivity index (χ1) is 6.66. The van der Waals surface area contributed by atoms with Gasteiger partial charge in [0.25, 0.3) is 0 Å². The molecule has 0 aromatic rings. The molecule has 0 aliphatic carbocycles. The van der Waals surface area contributed by atoms with Crippen LogP contribution in [0.25, 0.3) is 0 Å². The summed E-state index contributed by atoms with van der Waals surface area (Å²) in [6.45, 7) is 6.50. The topological polar surface area (TPSA) is 17.1 Å². The monoisotopic (exact) mass is 198 g/mol. The molecule has 1 heteroatoms. The molecule has 0 unspecified atom stereocenters. The van der Waals surface area contributed by atoms with E-state index in [1.165, 1.54) is 32.1 Å². The van der Waals surface area contributed by atoms with E-state index in [4.69, 9.17) is 0 Å². The maximum Gasteiger partial charge on any atom is 0.132 e. The van der Waals surface area contributed by atoms with Crippen molar-refractivity contribution in [1.82, 2.24) is 0 Å². The van der Waals surface area contributed by atoms with Gasteiger partial charge in [-0.3, -0.25) is 4.79 Å². The first-order valence-electron chi connectivity index (χ1n) is 6.18. The van der Waals surface area contributed by atoms with Gasteiger partial charge in [-0.05, 0) is 12.3 Å². The van der Waals surface area contributed by atoms with Gasteiger partial charge in [-0.15, -0.1) is 0 Å². The number of Topliss-reactive ketones (excluding diaryl/α,β-unsaturated/α-hetero) is 1. The molecule has 14 heavy (non-hydrogen) atoms. The highest BCUT2D eigenvalue weighted by Gasteiger charge is 1.98. The molecule has 0 bridgehead atoms. The minimum absolute atomic E-state index is 0.423. The number of carbonyl (C=O) groups is 1. The van der Waals surface area contributed by atoms with Crippen molar-refractivity contribution in [2.45, 2.75) is 72.1 Å². The van der Waals surface area contributed by atoms with Gasteiger partial charge in [-0.1, -0.05) is 52.9 Å². The van der Waals surface area contributed by atoms with Crippen molar-refractivity contribution in [1.29, 1.82) is 0 Å². The zero-order chi connectivity index (χ0) is 10.8. The van der Waals surface area contributed by atoms with Crippen LogP contribution in [0.4, 0.5) is 0 Å². The van der Waals surface area contributed by atoms with E-state index >= 15 is 0 Å². The Labute approximate surface area is 89.3 Å². The van der Waals surface area contributed by atoms with Crippen LogP contribution in [-0.2, 0) is 4.79 Å². The van der Waals surface area contributed by atoms with Crippen LogP contribution in [0.5, 0.6) is 0 Å². The van der Waals surface area contributed by atoms with E-state index in [2.05, 4.69) is 13.8 Å². The largest absolute Gasteiger partial charge is 0.300 e.